The third-order valence-corrected chi connectivity index (χ3v) is 3.43. The van der Waals surface area contributed by atoms with Crippen LogP contribution in [0.4, 0.5) is 11.4 Å². The van der Waals surface area contributed by atoms with Crippen molar-refractivity contribution in [2.24, 2.45) is 0 Å². The van der Waals surface area contributed by atoms with Crippen LogP contribution < -0.4 is 10.1 Å². The van der Waals surface area contributed by atoms with Gasteiger partial charge < -0.3 is 15.2 Å². The summed E-state index contributed by atoms with van der Waals surface area (Å²) in [5, 5.41) is 12.9. The van der Waals surface area contributed by atoms with Gasteiger partial charge >= 0.3 is 5.97 Å². The highest BCUT2D eigenvalue weighted by atomic mass is 35.5. The van der Waals surface area contributed by atoms with Gasteiger partial charge in [0.25, 0.3) is 0 Å². The van der Waals surface area contributed by atoms with Crippen molar-refractivity contribution in [3.8, 4) is 5.75 Å². The zero-order chi connectivity index (χ0) is 15.6. The third-order valence-electron chi connectivity index (χ3n) is 3.02. The lowest BCUT2D eigenvalue weighted by Gasteiger charge is -2.15. The number of benzene rings is 1. The molecule has 0 atom stereocenters. The van der Waals surface area contributed by atoms with E-state index in [0.717, 1.165) is 5.56 Å². The van der Waals surface area contributed by atoms with Crippen molar-refractivity contribution < 1.29 is 14.6 Å². The van der Waals surface area contributed by atoms with Crippen LogP contribution in [-0.4, -0.2) is 23.2 Å². The molecule has 0 fully saturated rings. The second-order valence-electron chi connectivity index (χ2n) is 4.60. The minimum atomic E-state index is -1.05. The first-order chi connectivity index (χ1) is 9.92. The molecule has 2 N–H and O–H groups in total. The highest BCUT2D eigenvalue weighted by Crippen LogP contribution is 2.34. The fourth-order valence-corrected chi connectivity index (χ4v) is 2.06. The lowest BCUT2D eigenvalue weighted by atomic mass is 10.1. The van der Waals surface area contributed by atoms with Crippen LogP contribution in [0.1, 0.15) is 21.6 Å². The van der Waals surface area contributed by atoms with Gasteiger partial charge in [-0.25, -0.2) is 4.79 Å². The van der Waals surface area contributed by atoms with Crippen LogP contribution in [0.25, 0.3) is 0 Å². The Labute approximate surface area is 127 Å². The molecule has 0 aliphatic rings. The van der Waals surface area contributed by atoms with E-state index in [9.17, 15) is 9.90 Å². The molecule has 0 unspecified atom stereocenters. The second-order valence-corrected chi connectivity index (χ2v) is 5.01. The van der Waals surface area contributed by atoms with Gasteiger partial charge in [-0.15, -0.1) is 0 Å². The van der Waals surface area contributed by atoms with E-state index in [0.29, 0.717) is 27.8 Å². The smallest absolute Gasteiger partial charge is 0.339 e. The first-order valence-electron chi connectivity index (χ1n) is 6.23. The topological polar surface area (TPSA) is 71.5 Å². The Morgan fingerprint density at radius 1 is 1.29 bits per heavy atom. The Bertz CT molecular complexity index is 702. The summed E-state index contributed by atoms with van der Waals surface area (Å²) < 4.78 is 5.27. The molecule has 2 rings (SSSR count). The van der Waals surface area contributed by atoms with Gasteiger partial charge in [-0.3, -0.25) is 4.98 Å². The molecule has 110 valence electrons. The van der Waals surface area contributed by atoms with Gasteiger partial charge in [0.1, 0.15) is 11.3 Å². The molecule has 0 amide bonds. The minimum absolute atomic E-state index is 0.0928. The van der Waals surface area contributed by atoms with Crippen molar-refractivity contribution >= 4 is 28.9 Å². The number of rotatable bonds is 4. The monoisotopic (exact) mass is 306 g/mol. The number of aromatic nitrogens is 1. The normalized spacial score (nSPS) is 10.3. The van der Waals surface area contributed by atoms with E-state index in [1.807, 2.05) is 13.0 Å². The maximum Gasteiger partial charge on any atom is 0.339 e. The number of methoxy groups -OCH3 is 1. The van der Waals surface area contributed by atoms with E-state index in [-0.39, 0.29) is 5.56 Å². The van der Waals surface area contributed by atoms with Crippen molar-refractivity contribution in [2.75, 3.05) is 12.4 Å². The molecular formula is C15H15ClN2O3. The summed E-state index contributed by atoms with van der Waals surface area (Å²) >= 11 is 6.06. The Morgan fingerprint density at radius 2 is 2.00 bits per heavy atom. The van der Waals surface area contributed by atoms with Gasteiger partial charge in [-0.2, -0.15) is 0 Å². The van der Waals surface area contributed by atoms with Crippen LogP contribution >= 0.6 is 11.6 Å². The zero-order valence-corrected chi connectivity index (χ0v) is 12.7. The van der Waals surface area contributed by atoms with Crippen LogP contribution in [0.3, 0.4) is 0 Å². The Kier molecular flexibility index (Phi) is 4.33. The maximum absolute atomic E-state index is 11.3. The van der Waals surface area contributed by atoms with E-state index in [1.54, 1.807) is 19.1 Å². The molecular weight excluding hydrogens is 292 g/mol. The van der Waals surface area contributed by atoms with Crippen LogP contribution in [0.2, 0.25) is 5.02 Å². The van der Waals surface area contributed by atoms with Crippen molar-refractivity contribution in [3.63, 3.8) is 0 Å². The first kappa shape index (κ1) is 15.1. The van der Waals surface area contributed by atoms with Crippen molar-refractivity contribution in [1.29, 1.82) is 0 Å². The summed E-state index contributed by atoms with van der Waals surface area (Å²) in [7, 11) is 1.53. The van der Waals surface area contributed by atoms with Crippen LogP contribution in [0.15, 0.2) is 24.4 Å². The summed E-state index contributed by atoms with van der Waals surface area (Å²) in [6, 6.07) is 5.17. The number of aromatic carboxylic acids is 1. The van der Waals surface area contributed by atoms with E-state index in [1.165, 1.54) is 13.3 Å². The number of carboxylic acid groups (broad SMARTS) is 1. The Morgan fingerprint density at radius 3 is 2.62 bits per heavy atom. The number of carbonyl (C=O) groups is 1. The number of halogens is 1. The standard InChI is InChI=1S/C15H15ClN2O3/c1-8-4-13(14(21-3)6-11(8)16)18-12-5-9(2)17-7-10(12)15(19)20/h4-7H,1-3H3,(H,17,18)(H,19,20). The predicted molar refractivity (Wildman–Crippen MR) is 82.0 cm³/mol. The predicted octanol–water partition coefficient (Wildman–Crippen LogP) is 3.80. The van der Waals surface area contributed by atoms with Crippen LogP contribution in [0.5, 0.6) is 5.75 Å². The molecule has 0 saturated heterocycles. The van der Waals surface area contributed by atoms with E-state index in [2.05, 4.69) is 10.3 Å². The number of carboxylic acids is 1. The number of nitrogens with one attached hydrogen (secondary N) is 1. The number of hydrogen-bond acceptors (Lipinski definition) is 4. The Hall–Kier alpha value is -2.27. The van der Waals surface area contributed by atoms with E-state index < -0.39 is 5.97 Å². The maximum atomic E-state index is 11.3. The molecule has 0 saturated carbocycles. The SMILES string of the molecule is COc1cc(Cl)c(C)cc1Nc1cc(C)ncc1C(=O)O. The summed E-state index contributed by atoms with van der Waals surface area (Å²) in [5.41, 5.74) is 2.77. The fraction of sp³-hybridized carbons (Fsp3) is 0.200. The highest BCUT2D eigenvalue weighted by Gasteiger charge is 2.14. The molecule has 1 heterocycles. The molecule has 0 aliphatic heterocycles. The van der Waals surface area contributed by atoms with Gasteiger partial charge in [0.05, 0.1) is 18.5 Å². The number of ether oxygens (including phenoxy) is 1. The van der Waals surface area contributed by atoms with Gasteiger partial charge in [0, 0.05) is 23.0 Å². The first-order valence-corrected chi connectivity index (χ1v) is 6.61. The van der Waals surface area contributed by atoms with E-state index >= 15 is 0 Å². The molecule has 1 aromatic heterocycles. The number of anilines is 2. The molecule has 21 heavy (non-hydrogen) atoms. The quantitative estimate of drug-likeness (QED) is 0.899. The number of aryl methyl sites for hydroxylation is 2. The molecule has 0 aliphatic carbocycles. The summed E-state index contributed by atoms with van der Waals surface area (Å²) in [4.78, 5) is 15.3. The molecule has 0 radical (unpaired) electrons. The minimum Gasteiger partial charge on any atom is -0.495 e. The van der Waals surface area contributed by atoms with Gasteiger partial charge in [-0.05, 0) is 31.5 Å². The average Bonchev–Trinajstić information content (AvgIpc) is 2.42. The summed E-state index contributed by atoms with van der Waals surface area (Å²) in [5.74, 6) is -0.508. The molecule has 2 aromatic rings. The summed E-state index contributed by atoms with van der Waals surface area (Å²) in [6.07, 6.45) is 1.33. The Balaban J connectivity index is 2.49. The molecule has 0 bridgehead atoms. The number of nitrogens with zero attached hydrogens (tertiary/aromatic N) is 1. The molecule has 6 heteroatoms. The average molecular weight is 307 g/mol. The number of pyridine rings is 1. The lowest BCUT2D eigenvalue weighted by molar-refractivity contribution is 0.0697. The molecule has 1 aromatic carbocycles. The van der Waals surface area contributed by atoms with Crippen molar-refractivity contribution in [1.82, 2.24) is 4.98 Å². The van der Waals surface area contributed by atoms with Crippen LogP contribution in [0, 0.1) is 13.8 Å². The second kappa shape index (κ2) is 6.01. The largest absolute Gasteiger partial charge is 0.495 e. The van der Waals surface area contributed by atoms with Gasteiger partial charge in [-0.1, -0.05) is 11.6 Å². The van der Waals surface area contributed by atoms with E-state index in [4.69, 9.17) is 16.3 Å². The zero-order valence-electron chi connectivity index (χ0n) is 11.9. The molecule has 5 nitrogen and oxygen atoms in total. The van der Waals surface area contributed by atoms with Crippen molar-refractivity contribution in [2.45, 2.75) is 13.8 Å². The fourth-order valence-electron chi connectivity index (χ4n) is 1.91. The number of hydrogen-bond donors (Lipinski definition) is 2. The highest BCUT2D eigenvalue weighted by molar-refractivity contribution is 6.31. The van der Waals surface area contributed by atoms with Gasteiger partial charge in [0.2, 0.25) is 0 Å². The van der Waals surface area contributed by atoms with Gasteiger partial charge in [0.15, 0.2) is 0 Å². The lowest BCUT2D eigenvalue weighted by Crippen LogP contribution is -2.05. The molecule has 0 spiro atoms. The third kappa shape index (κ3) is 3.25. The van der Waals surface area contributed by atoms with Crippen LogP contribution in [-0.2, 0) is 0 Å². The van der Waals surface area contributed by atoms with Crippen molar-refractivity contribution in [3.05, 3.63) is 46.2 Å². The summed E-state index contributed by atoms with van der Waals surface area (Å²) in [6.45, 7) is 3.66.